The molecule has 0 aliphatic heterocycles. The fourth-order valence-electron chi connectivity index (χ4n) is 1.60. The van der Waals surface area contributed by atoms with Crippen LogP contribution in [0.3, 0.4) is 0 Å². The van der Waals surface area contributed by atoms with Crippen LogP contribution in [0.4, 0.5) is 13.2 Å². The van der Waals surface area contributed by atoms with Crippen molar-refractivity contribution in [2.45, 2.75) is 12.7 Å². The Labute approximate surface area is 90.8 Å². The van der Waals surface area contributed by atoms with Crippen molar-refractivity contribution in [2.24, 2.45) is 0 Å². The average molecular weight is 225 g/mol. The van der Waals surface area contributed by atoms with Gasteiger partial charge in [0, 0.05) is 24.3 Å². The van der Waals surface area contributed by atoms with Crippen molar-refractivity contribution in [3.63, 3.8) is 0 Å². The summed E-state index contributed by atoms with van der Waals surface area (Å²) in [5, 5.41) is 1.03. The normalized spacial score (nSPS) is 12.7. The van der Waals surface area contributed by atoms with E-state index in [0.717, 1.165) is 17.0 Å². The van der Waals surface area contributed by atoms with E-state index in [0.29, 0.717) is 0 Å². The summed E-state index contributed by atoms with van der Waals surface area (Å²) in [5.41, 5.74) is 0.939. The Morgan fingerprint density at radius 1 is 1.12 bits per heavy atom. The average Bonchev–Trinajstić information content (AvgIpc) is 2.60. The van der Waals surface area contributed by atoms with Crippen molar-refractivity contribution in [1.82, 2.24) is 4.57 Å². The minimum atomic E-state index is -4.23. The van der Waals surface area contributed by atoms with Gasteiger partial charge in [-0.05, 0) is 17.5 Å². The zero-order valence-electron chi connectivity index (χ0n) is 8.41. The molecule has 0 unspecified atom stereocenters. The van der Waals surface area contributed by atoms with Crippen molar-refractivity contribution in [3.05, 3.63) is 48.7 Å². The summed E-state index contributed by atoms with van der Waals surface area (Å²) in [7, 11) is 0. The third-order valence-electron chi connectivity index (χ3n) is 2.29. The highest BCUT2D eigenvalue weighted by atomic mass is 19.4. The number of halogens is 3. The summed E-state index contributed by atoms with van der Waals surface area (Å²) in [6.45, 7) is 0.229. The van der Waals surface area contributed by atoms with Gasteiger partial charge in [0.2, 0.25) is 0 Å². The Kier molecular flexibility index (Phi) is 2.73. The largest absolute Gasteiger partial charge is 0.409 e. The van der Waals surface area contributed by atoms with Crippen LogP contribution in [-0.4, -0.2) is 10.7 Å². The molecule has 1 aromatic carbocycles. The topological polar surface area (TPSA) is 4.93 Å². The molecule has 2 rings (SSSR count). The quantitative estimate of drug-likeness (QED) is 0.686. The number of rotatable bonds is 2. The first-order chi connectivity index (χ1) is 7.56. The van der Waals surface area contributed by atoms with E-state index in [1.54, 1.807) is 10.8 Å². The second-order valence-corrected chi connectivity index (χ2v) is 3.47. The van der Waals surface area contributed by atoms with Gasteiger partial charge in [-0.1, -0.05) is 24.3 Å². The smallest absolute Gasteiger partial charge is 0.344 e. The van der Waals surface area contributed by atoms with Gasteiger partial charge >= 0.3 is 6.18 Å². The van der Waals surface area contributed by atoms with E-state index in [1.807, 2.05) is 30.3 Å². The molecule has 0 spiro atoms. The van der Waals surface area contributed by atoms with Crippen LogP contribution in [0.25, 0.3) is 10.9 Å². The van der Waals surface area contributed by atoms with Crippen molar-refractivity contribution in [2.75, 3.05) is 0 Å². The van der Waals surface area contributed by atoms with Gasteiger partial charge in [-0.2, -0.15) is 13.2 Å². The number of para-hydroxylation sites is 1. The van der Waals surface area contributed by atoms with E-state index < -0.39 is 6.18 Å². The fraction of sp³-hybridized carbons (Fsp3) is 0.167. The summed E-state index contributed by atoms with van der Waals surface area (Å²) < 4.78 is 37.5. The van der Waals surface area contributed by atoms with Crippen LogP contribution in [0.2, 0.25) is 0 Å². The molecule has 4 heteroatoms. The summed E-state index contributed by atoms with van der Waals surface area (Å²) in [4.78, 5) is 0. The van der Waals surface area contributed by atoms with Crippen LogP contribution in [0.1, 0.15) is 0 Å². The van der Waals surface area contributed by atoms with E-state index in [2.05, 4.69) is 0 Å². The first-order valence-corrected chi connectivity index (χ1v) is 4.84. The van der Waals surface area contributed by atoms with Crippen LogP contribution in [0, 0.1) is 0 Å². The van der Waals surface area contributed by atoms with Crippen molar-refractivity contribution >= 4 is 10.9 Å². The van der Waals surface area contributed by atoms with E-state index >= 15 is 0 Å². The lowest BCUT2D eigenvalue weighted by atomic mass is 10.2. The number of alkyl halides is 3. The van der Waals surface area contributed by atoms with E-state index in [4.69, 9.17) is 0 Å². The Morgan fingerprint density at radius 2 is 1.88 bits per heavy atom. The van der Waals surface area contributed by atoms with Crippen LogP contribution < -0.4 is 0 Å². The fourth-order valence-corrected chi connectivity index (χ4v) is 1.60. The van der Waals surface area contributed by atoms with Crippen molar-refractivity contribution < 1.29 is 13.2 Å². The monoisotopic (exact) mass is 225 g/mol. The van der Waals surface area contributed by atoms with Gasteiger partial charge in [0.1, 0.15) is 0 Å². The SMILES string of the molecule is FC(F)(F)/C=C/Cn1ccc2ccccc21. The lowest BCUT2D eigenvalue weighted by Gasteiger charge is -2.02. The van der Waals surface area contributed by atoms with Crippen LogP contribution in [0.5, 0.6) is 0 Å². The molecule has 1 heterocycles. The number of nitrogens with zero attached hydrogens (tertiary/aromatic N) is 1. The second-order valence-electron chi connectivity index (χ2n) is 3.47. The third-order valence-corrected chi connectivity index (χ3v) is 2.29. The second kappa shape index (κ2) is 4.04. The van der Waals surface area contributed by atoms with Gasteiger partial charge in [-0.15, -0.1) is 0 Å². The first kappa shape index (κ1) is 10.8. The predicted molar refractivity (Wildman–Crippen MR) is 57.1 cm³/mol. The highest BCUT2D eigenvalue weighted by Crippen LogP contribution is 2.18. The standard InChI is InChI=1S/C12H10F3N/c13-12(14,15)7-3-8-16-9-6-10-4-1-2-5-11(10)16/h1-7,9H,8H2/b7-3+. The van der Waals surface area contributed by atoms with E-state index in [9.17, 15) is 13.2 Å². The number of allylic oxidation sites excluding steroid dienone is 2. The van der Waals surface area contributed by atoms with E-state index in [1.165, 1.54) is 0 Å². The summed E-state index contributed by atoms with van der Waals surface area (Å²) in [5.74, 6) is 0. The lowest BCUT2D eigenvalue weighted by Crippen LogP contribution is -2.02. The van der Waals surface area contributed by atoms with Crippen LogP contribution >= 0.6 is 0 Å². The van der Waals surface area contributed by atoms with Gasteiger partial charge in [0.25, 0.3) is 0 Å². The summed E-state index contributed by atoms with van der Waals surface area (Å²) >= 11 is 0. The van der Waals surface area contributed by atoms with Crippen LogP contribution in [-0.2, 0) is 6.54 Å². The molecule has 0 aliphatic carbocycles. The van der Waals surface area contributed by atoms with Crippen molar-refractivity contribution in [1.29, 1.82) is 0 Å². The number of hydrogen-bond donors (Lipinski definition) is 0. The first-order valence-electron chi connectivity index (χ1n) is 4.84. The van der Waals surface area contributed by atoms with Gasteiger partial charge in [-0.25, -0.2) is 0 Å². The molecule has 0 N–H and O–H groups in total. The maximum Gasteiger partial charge on any atom is 0.409 e. The number of fused-ring (bicyclic) bond motifs is 1. The van der Waals surface area contributed by atoms with Gasteiger partial charge in [0.15, 0.2) is 0 Å². The molecule has 0 fully saturated rings. The molecule has 0 amide bonds. The van der Waals surface area contributed by atoms with Gasteiger partial charge in [-0.3, -0.25) is 0 Å². The lowest BCUT2D eigenvalue weighted by molar-refractivity contribution is -0.0800. The van der Waals surface area contributed by atoms with Crippen molar-refractivity contribution in [3.8, 4) is 0 Å². The molecule has 1 nitrogen and oxygen atoms in total. The molecule has 0 saturated heterocycles. The molecule has 0 saturated carbocycles. The molecule has 2 aromatic rings. The Hall–Kier alpha value is -1.71. The molecule has 0 bridgehead atoms. The molecular formula is C12H10F3N. The zero-order valence-corrected chi connectivity index (χ0v) is 8.41. The molecule has 0 radical (unpaired) electrons. The Bertz CT molecular complexity index is 508. The third kappa shape index (κ3) is 2.45. The minimum absolute atomic E-state index is 0.229. The highest BCUT2D eigenvalue weighted by Gasteiger charge is 2.21. The Morgan fingerprint density at radius 3 is 2.62 bits per heavy atom. The zero-order chi connectivity index (χ0) is 11.6. The van der Waals surface area contributed by atoms with Crippen LogP contribution in [0.15, 0.2) is 48.7 Å². The number of aromatic nitrogens is 1. The maximum absolute atomic E-state index is 11.9. The highest BCUT2D eigenvalue weighted by molar-refractivity contribution is 5.79. The summed E-state index contributed by atoms with van der Waals surface area (Å²) in [6.07, 6.45) is -1.07. The molecule has 0 atom stereocenters. The van der Waals surface area contributed by atoms with Gasteiger partial charge in [0.05, 0.1) is 0 Å². The molecule has 16 heavy (non-hydrogen) atoms. The molecule has 0 aliphatic rings. The molecule has 84 valence electrons. The maximum atomic E-state index is 11.9. The summed E-state index contributed by atoms with van der Waals surface area (Å²) in [6, 6.07) is 9.47. The molecular weight excluding hydrogens is 215 g/mol. The molecule has 1 aromatic heterocycles. The Balaban J connectivity index is 2.19. The predicted octanol–water partition coefficient (Wildman–Crippen LogP) is 3.76. The van der Waals surface area contributed by atoms with E-state index in [-0.39, 0.29) is 12.6 Å². The van der Waals surface area contributed by atoms with Gasteiger partial charge < -0.3 is 4.57 Å². The number of benzene rings is 1. The number of hydrogen-bond acceptors (Lipinski definition) is 0. The minimum Gasteiger partial charge on any atom is -0.344 e.